The summed E-state index contributed by atoms with van der Waals surface area (Å²) in [6.07, 6.45) is 7.08. The largest absolute Gasteiger partial charge is 0.481 e. The Labute approximate surface area is 160 Å². The number of benzene rings is 1. The van der Waals surface area contributed by atoms with Gasteiger partial charge in [0.25, 0.3) is 0 Å². The summed E-state index contributed by atoms with van der Waals surface area (Å²) in [5.41, 5.74) is 1.31. The highest BCUT2D eigenvalue weighted by Crippen LogP contribution is 2.59. The Hall–Kier alpha value is -2.30. The monoisotopic (exact) mass is 368 g/mol. The second-order valence-corrected chi connectivity index (χ2v) is 8.65. The van der Waals surface area contributed by atoms with Gasteiger partial charge in [-0.15, -0.1) is 0 Å². The number of nitrogens with zero attached hydrogens (tertiary/aromatic N) is 1. The zero-order chi connectivity index (χ0) is 19.0. The van der Waals surface area contributed by atoms with E-state index in [2.05, 4.69) is 24.4 Å². The lowest BCUT2D eigenvalue weighted by molar-refractivity contribution is -0.137. The minimum absolute atomic E-state index is 0.0451. The van der Waals surface area contributed by atoms with Crippen molar-refractivity contribution in [3.8, 4) is 0 Å². The molecule has 0 spiro atoms. The molecule has 2 unspecified atom stereocenters. The first kappa shape index (κ1) is 18.1. The standard InChI is InChI=1S/C22H28N2O3/c1-22-14-24(13-19(22)16-7-8-17(22)12-16)21(27)23-18(9-10-20(25)26)11-15-5-3-2-4-6-15/h2-8,16-19H,9-14H2,1H3,(H,23,27)(H,25,26)/t16-,17+,18?,19?,22+/m1/s1. The van der Waals surface area contributed by atoms with Crippen LogP contribution in [0.4, 0.5) is 4.79 Å². The van der Waals surface area contributed by atoms with Crippen molar-refractivity contribution in [3.63, 3.8) is 0 Å². The summed E-state index contributed by atoms with van der Waals surface area (Å²) in [5, 5.41) is 12.2. The number of hydrogen-bond donors (Lipinski definition) is 2. The molecule has 1 aliphatic heterocycles. The van der Waals surface area contributed by atoms with Crippen molar-refractivity contribution < 1.29 is 14.7 Å². The summed E-state index contributed by atoms with van der Waals surface area (Å²) < 4.78 is 0. The SMILES string of the molecule is C[C@@]12CN(C(=O)NC(CCC(=O)O)Cc3ccccc3)CC1[C@@H]1C=C[C@H]2C1. The minimum Gasteiger partial charge on any atom is -0.481 e. The molecule has 1 saturated carbocycles. The van der Waals surface area contributed by atoms with Crippen LogP contribution in [0.25, 0.3) is 0 Å². The van der Waals surface area contributed by atoms with Crippen LogP contribution in [0.15, 0.2) is 42.5 Å². The van der Waals surface area contributed by atoms with Crippen LogP contribution in [0.5, 0.6) is 0 Å². The molecule has 1 saturated heterocycles. The third kappa shape index (κ3) is 3.47. The summed E-state index contributed by atoms with van der Waals surface area (Å²) in [6.45, 7) is 3.93. The first-order valence-electron chi connectivity index (χ1n) is 9.95. The highest BCUT2D eigenvalue weighted by Gasteiger charge is 2.58. The Morgan fingerprint density at radius 1 is 1.30 bits per heavy atom. The predicted octanol–water partition coefficient (Wildman–Crippen LogP) is 3.32. The van der Waals surface area contributed by atoms with E-state index < -0.39 is 5.97 Å². The Bertz CT molecular complexity index is 747. The van der Waals surface area contributed by atoms with Crippen LogP contribution < -0.4 is 5.32 Å². The molecule has 4 rings (SSSR count). The Kier molecular flexibility index (Phi) is 4.70. The van der Waals surface area contributed by atoms with Crippen LogP contribution >= 0.6 is 0 Å². The summed E-state index contributed by atoms with van der Waals surface area (Å²) in [4.78, 5) is 25.9. The molecule has 0 radical (unpaired) electrons. The number of nitrogens with one attached hydrogen (secondary N) is 1. The van der Waals surface area contributed by atoms with E-state index in [4.69, 9.17) is 5.11 Å². The van der Waals surface area contributed by atoms with Crippen LogP contribution in [0.1, 0.15) is 31.7 Å². The molecule has 2 N–H and O–H groups in total. The molecule has 1 aromatic rings. The van der Waals surface area contributed by atoms with Gasteiger partial charge in [0.15, 0.2) is 0 Å². The number of rotatable bonds is 6. The highest BCUT2D eigenvalue weighted by atomic mass is 16.4. The third-order valence-electron chi connectivity index (χ3n) is 6.92. The van der Waals surface area contributed by atoms with Crippen LogP contribution in [-0.4, -0.2) is 41.1 Å². The number of allylic oxidation sites excluding steroid dienone is 2. The van der Waals surface area contributed by atoms with Crippen LogP contribution in [-0.2, 0) is 11.2 Å². The van der Waals surface area contributed by atoms with Gasteiger partial charge in [-0.05, 0) is 48.0 Å². The van der Waals surface area contributed by atoms with E-state index in [-0.39, 0.29) is 23.9 Å². The van der Waals surface area contributed by atoms with Crippen LogP contribution in [0.3, 0.4) is 0 Å². The smallest absolute Gasteiger partial charge is 0.317 e. The number of carbonyl (C=O) groups is 2. The van der Waals surface area contributed by atoms with E-state index in [1.807, 2.05) is 35.2 Å². The maximum Gasteiger partial charge on any atom is 0.317 e. The van der Waals surface area contributed by atoms with Crippen molar-refractivity contribution in [1.29, 1.82) is 0 Å². The zero-order valence-corrected chi connectivity index (χ0v) is 15.8. The Balaban J connectivity index is 1.40. The number of aliphatic carboxylic acids is 1. The topological polar surface area (TPSA) is 69.6 Å². The summed E-state index contributed by atoms with van der Waals surface area (Å²) in [7, 11) is 0. The normalized spacial score (nSPS) is 31.7. The van der Waals surface area contributed by atoms with Gasteiger partial charge >= 0.3 is 12.0 Å². The van der Waals surface area contributed by atoms with E-state index >= 15 is 0 Å². The van der Waals surface area contributed by atoms with E-state index in [1.165, 1.54) is 6.42 Å². The Morgan fingerprint density at radius 3 is 2.78 bits per heavy atom. The predicted molar refractivity (Wildman–Crippen MR) is 103 cm³/mol. The Morgan fingerprint density at radius 2 is 2.07 bits per heavy atom. The molecule has 1 heterocycles. The van der Waals surface area contributed by atoms with E-state index in [0.717, 1.165) is 18.7 Å². The van der Waals surface area contributed by atoms with Crippen LogP contribution in [0, 0.1) is 23.2 Å². The lowest BCUT2D eigenvalue weighted by atomic mass is 9.72. The van der Waals surface area contributed by atoms with Gasteiger partial charge in [0.05, 0.1) is 0 Å². The fourth-order valence-electron chi connectivity index (χ4n) is 5.41. The van der Waals surface area contributed by atoms with E-state index in [0.29, 0.717) is 30.6 Å². The number of fused-ring (bicyclic) bond motifs is 5. The number of carboxylic acid groups (broad SMARTS) is 1. The van der Waals surface area contributed by atoms with Gasteiger partial charge in [-0.3, -0.25) is 4.79 Å². The number of urea groups is 1. The molecule has 5 atom stereocenters. The van der Waals surface area contributed by atoms with Crippen molar-refractivity contribution in [2.45, 2.75) is 38.6 Å². The average molecular weight is 368 g/mol. The van der Waals surface area contributed by atoms with E-state index in [9.17, 15) is 9.59 Å². The zero-order valence-electron chi connectivity index (χ0n) is 15.8. The number of hydrogen-bond acceptors (Lipinski definition) is 2. The number of likely N-dealkylation sites (tertiary alicyclic amines) is 1. The van der Waals surface area contributed by atoms with Crippen molar-refractivity contribution in [2.24, 2.45) is 23.2 Å². The van der Waals surface area contributed by atoms with E-state index in [1.54, 1.807) is 0 Å². The fraction of sp³-hybridized carbons (Fsp3) is 0.545. The molecule has 5 heteroatoms. The van der Waals surface area contributed by atoms with Gasteiger partial charge in [0.2, 0.25) is 0 Å². The fourth-order valence-corrected chi connectivity index (χ4v) is 5.41. The summed E-state index contributed by atoms with van der Waals surface area (Å²) >= 11 is 0. The molecule has 2 amide bonds. The highest BCUT2D eigenvalue weighted by molar-refractivity contribution is 5.75. The number of amides is 2. The molecule has 0 aromatic heterocycles. The van der Waals surface area contributed by atoms with Gasteiger partial charge in [-0.25, -0.2) is 4.79 Å². The molecule has 5 nitrogen and oxygen atoms in total. The van der Waals surface area contributed by atoms with Crippen molar-refractivity contribution in [1.82, 2.24) is 10.2 Å². The molecule has 144 valence electrons. The van der Waals surface area contributed by atoms with Gasteiger partial charge < -0.3 is 15.3 Å². The second kappa shape index (κ2) is 7.02. The lowest BCUT2D eigenvalue weighted by Crippen LogP contribution is -2.46. The quantitative estimate of drug-likeness (QED) is 0.757. The molecule has 3 aliphatic rings. The third-order valence-corrected chi connectivity index (χ3v) is 6.92. The van der Waals surface area contributed by atoms with Gasteiger partial charge in [0.1, 0.15) is 0 Å². The van der Waals surface area contributed by atoms with Gasteiger partial charge in [-0.2, -0.15) is 0 Å². The minimum atomic E-state index is -0.826. The maximum atomic E-state index is 12.9. The molecule has 27 heavy (non-hydrogen) atoms. The second-order valence-electron chi connectivity index (χ2n) is 8.65. The van der Waals surface area contributed by atoms with Crippen molar-refractivity contribution in [3.05, 3.63) is 48.0 Å². The number of carbonyl (C=O) groups excluding carboxylic acids is 1. The lowest BCUT2D eigenvalue weighted by Gasteiger charge is -2.31. The van der Waals surface area contributed by atoms with Gasteiger partial charge in [0, 0.05) is 25.6 Å². The summed E-state index contributed by atoms with van der Waals surface area (Å²) in [5.74, 6) is 0.945. The first-order valence-corrected chi connectivity index (χ1v) is 9.95. The summed E-state index contributed by atoms with van der Waals surface area (Å²) in [6, 6.07) is 9.72. The molecular weight excluding hydrogens is 340 g/mol. The maximum absolute atomic E-state index is 12.9. The van der Waals surface area contributed by atoms with Gasteiger partial charge in [-0.1, -0.05) is 49.4 Å². The van der Waals surface area contributed by atoms with Crippen LogP contribution in [0.2, 0.25) is 0 Å². The molecule has 2 aliphatic carbocycles. The molecule has 2 bridgehead atoms. The van der Waals surface area contributed by atoms with Crippen molar-refractivity contribution >= 4 is 12.0 Å². The van der Waals surface area contributed by atoms with Crippen molar-refractivity contribution in [2.75, 3.05) is 13.1 Å². The molecule has 2 fully saturated rings. The number of carboxylic acids is 1. The first-order chi connectivity index (χ1) is 13.0. The average Bonchev–Trinajstić information content (AvgIpc) is 3.31. The molecular formula is C22H28N2O3. The molecule has 1 aromatic carbocycles.